The molecule has 0 aliphatic rings. The minimum absolute atomic E-state index is 0.102. The zero-order valence-electron chi connectivity index (χ0n) is 13.9. The average Bonchev–Trinajstić information content (AvgIpc) is 3.11. The van der Waals surface area contributed by atoms with Crippen molar-refractivity contribution in [3.63, 3.8) is 0 Å². The molecule has 0 radical (unpaired) electrons. The van der Waals surface area contributed by atoms with E-state index in [1.165, 1.54) is 12.1 Å². The van der Waals surface area contributed by atoms with Gasteiger partial charge in [0.15, 0.2) is 0 Å². The summed E-state index contributed by atoms with van der Waals surface area (Å²) in [6.45, 7) is 0.488. The third kappa shape index (κ3) is 5.13. The Labute approximate surface area is 155 Å². The molecule has 0 atom stereocenters. The highest BCUT2D eigenvalue weighted by atomic mass is 35.5. The SMILES string of the molecule is O=C(CCc1nc(-c2cccc(Cl)c2)no1)NCCc1ccc(F)cc1. The van der Waals surface area contributed by atoms with Gasteiger partial charge in [-0.05, 0) is 36.2 Å². The summed E-state index contributed by atoms with van der Waals surface area (Å²) in [6, 6.07) is 13.4. The first-order valence-corrected chi connectivity index (χ1v) is 8.57. The van der Waals surface area contributed by atoms with E-state index in [4.69, 9.17) is 16.1 Å². The molecule has 1 heterocycles. The van der Waals surface area contributed by atoms with Crippen molar-refractivity contribution in [2.45, 2.75) is 19.3 Å². The monoisotopic (exact) mass is 373 g/mol. The number of nitrogens with zero attached hydrogens (tertiary/aromatic N) is 2. The van der Waals surface area contributed by atoms with Gasteiger partial charge >= 0.3 is 0 Å². The lowest BCUT2D eigenvalue weighted by atomic mass is 10.1. The molecule has 0 saturated heterocycles. The van der Waals surface area contributed by atoms with Crippen LogP contribution in [-0.4, -0.2) is 22.6 Å². The molecule has 1 aromatic heterocycles. The van der Waals surface area contributed by atoms with Crippen LogP contribution in [0.4, 0.5) is 4.39 Å². The topological polar surface area (TPSA) is 68.0 Å². The van der Waals surface area contributed by atoms with Crippen LogP contribution in [0.1, 0.15) is 17.9 Å². The molecule has 26 heavy (non-hydrogen) atoms. The number of aryl methyl sites for hydroxylation is 1. The molecule has 3 aromatic rings. The molecule has 3 rings (SSSR count). The Morgan fingerprint density at radius 1 is 1.15 bits per heavy atom. The normalized spacial score (nSPS) is 10.7. The van der Waals surface area contributed by atoms with Crippen LogP contribution < -0.4 is 5.32 Å². The van der Waals surface area contributed by atoms with Gasteiger partial charge in [0.05, 0.1) is 0 Å². The van der Waals surface area contributed by atoms with Crippen molar-refractivity contribution in [1.82, 2.24) is 15.5 Å². The Bertz CT molecular complexity index is 881. The van der Waals surface area contributed by atoms with E-state index in [-0.39, 0.29) is 18.1 Å². The molecule has 0 spiro atoms. The number of carbonyl (C=O) groups is 1. The molecular weight excluding hydrogens is 357 g/mol. The fourth-order valence-electron chi connectivity index (χ4n) is 2.41. The van der Waals surface area contributed by atoms with Gasteiger partial charge in [-0.3, -0.25) is 4.79 Å². The van der Waals surface area contributed by atoms with Crippen LogP contribution in [0.15, 0.2) is 53.1 Å². The molecule has 0 saturated carbocycles. The lowest BCUT2D eigenvalue weighted by Gasteiger charge is -2.04. The second-order valence-electron chi connectivity index (χ2n) is 5.75. The molecule has 5 nitrogen and oxygen atoms in total. The molecule has 2 aromatic carbocycles. The predicted molar refractivity (Wildman–Crippen MR) is 96.2 cm³/mol. The number of benzene rings is 2. The van der Waals surface area contributed by atoms with Crippen molar-refractivity contribution in [3.05, 3.63) is 70.8 Å². The van der Waals surface area contributed by atoms with E-state index in [2.05, 4.69) is 15.5 Å². The quantitative estimate of drug-likeness (QED) is 0.683. The first-order valence-electron chi connectivity index (χ1n) is 8.20. The highest BCUT2D eigenvalue weighted by molar-refractivity contribution is 6.30. The van der Waals surface area contributed by atoms with Gasteiger partial charge in [-0.2, -0.15) is 4.98 Å². The summed E-state index contributed by atoms with van der Waals surface area (Å²) in [6.07, 6.45) is 1.25. The van der Waals surface area contributed by atoms with Crippen LogP contribution in [0.3, 0.4) is 0 Å². The Kier molecular flexibility index (Phi) is 5.96. The molecule has 0 fully saturated rings. The van der Waals surface area contributed by atoms with E-state index in [0.717, 1.165) is 11.1 Å². The molecule has 7 heteroatoms. The number of amides is 1. The van der Waals surface area contributed by atoms with Crippen LogP contribution in [0.5, 0.6) is 0 Å². The number of rotatable bonds is 7. The molecule has 134 valence electrons. The van der Waals surface area contributed by atoms with Gasteiger partial charge < -0.3 is 9.84 Å². The van der Waals surface area contributed by atoms with Gasteiger partial charge in [-0.15, -0.1) is 0 Å². The summed E-state index contributed by atoms with van der Waals surface area (Å²) in [5.74, 6) is 0.469. The van der Waals surface area contributed by atoms with Crippen molar-refractivity contribution >= 4 is 17.5 Å². The third-order valence-corrected chi connectivity index (χ3v) is 4.00. The standard InChI is InChI=1S/C19H17ClFN3O2/c20-15-3-1-2-14(12-15)19-23-18(26-24-19)9-8-17(25)22-11-10-13-4-6-16(21)7-5-13/h1-7,12H,8-11H2,(H,22,25). The lowest BCUT2D eigenvalue weighted by molar-refractivity contribution is -0.121. The highest BCUT2D eigenvalue weighted by Gasteiger charge is 2.11. The first kappa shape index (κ1) is 18.1. The lowest BCUT2D eigenvalue weighted by Crippen LogP contribution is -2.25. The second-order valence-corrected chi connectivity index (χ2v) is 6.18. The Balaban J connectivity index is 1.44. The first-order chi connectivity index (χ1) is 12.6. The molecular formula is C19H17ClFN3O2. The van der Waals surface area contributed by atoms with E-state index in [0.29, 0.717) is 36.1 Å². The average molecular weight is 374 g/mol. The summed E-state index contributed by atoms with van der Waals surface area (Å²) in [5.41, 5.74) is 1.73. The maximum absolute atomic E-state index is 12.8. The van der Waals surface area contributed by atoms with Gasteiger partial charge in [0.25, 0.3) is 0 Å². The van der Waals surface area contributed by atoms with Crippen LogP contribution in [0.2, 0.25) is 5.02 Å². The number of hydrogen-bond acceptors (Lipinski definition) is 4. The van der Waals surface area contributed by atoms with E-state index in [1.807, 2.05) is 12.1 Å². The molecule has 1 amide bonds. The Morgan fingerprint density at radius 3 is 2.73 bits per heavy atom. The maximum atomic E-state index is 12.8. The number of carbonyl (C=O) groups excluding carboxylic acids is 1. The zero-order valence-corrected chi connectivity index (χ0v) is 14.7. The van der Waals surface area contributed by atoms with Crippen LogP contribution in [-0.2, 0) is 17.6 Å². The fourth-order valence-corrected chi connectivity index (χ4v) is 2.60. The van der Waals surface area contributed by atoms with Crippen molar-refractivity contribution < 1.29 is 13.7 Å². The Hall–Kier alpha value is -2.73. The van der Waals surface area contributed by atoms with Crippen LogP contribution in [0, 0.1) is 5.82 Å². The summed E-state index contributed by atoms with van der Waals surface area (Å²) in [4.78, 5) is 16.2. The van der Waals surface area contributed by atoms with Gasteiger partial charge in [0, 0.05) is 30.0 Å². The van der Waals surface area contributed by atoms with E-state index in [1.54, 1.807) is 24.3 Å². The van der Waals surface area contributed by atoms with Crippen molar-refractivity contribution in [2.24, 2.45) is 0 Å². The fraction of sp³-hybridized carbons (Fsp3) is 0.211. The van der Waals surface area contributed by atoms with Gasteiger partial charge in [-0.1, -0.05) is 41.0 Å². The summed E-state index contributed by atoms with van der Waals surface area (Å²) in [5, 5.41) is 7.32. The van der Waals surface area contributed by atoms with Crippen molar-refractivity contribution in [2.75, 3.05) is 6.54 Å². The molecule has 0 bridgehead atoms. The van der Waals surface area contributed by atoms with Crippen molar-refractivity contribution in [3.8, 4) is 11.4 Å². The van der Waals surface area contributed by atoms with E-state index in [9.17, 15) is 9.18 Å². The van der Waals surface area contributed by atoms with Gasteiger partial charge in [-0.25, -0.2) is 4.39 Å². The number of aromatic nitrogens is 2. The number of nitrogens with one attached hydrogen (secondary N) is 1. The molecule has 0 aliphatic carbocycles. The minimum atomic E-state index is -0.269. The summed E-state index contributed by atoms with van der Waals surface area (Å²) >= 11 is 5.95. The van der Waals surface area contributed by atoms with E-state index >= 15 is 0 Å². The maximum Gasteiger partial charge on any atom is 0.227 e. The second kappa shape index (κ2) is 8.58. The minimum Gasteiger partial charge on any atom is -0.356 e. The smallest absolute Gasteiger partial charge is 0.227 e. The number of halogens is 2. The largest absolute Gasteiger partial charge is 0.356 e. The third-order valence-electron chi connectivity index (χ3n) is 3.77. The Morgan fingerprint density at radius 2 is 1.96 bits per heavy atom. The van der Waals surface area contributed by atoms with Gasteiger partial charge in [0.1, 0.15) is 5.82 Å². The van der Waals surface area contributed by atoms with E-state index < -0.39 is 0 Å². The number of hydrogen-bond donors (Lipinski definition) is 1. The van der Waals surface area contributed by atoms with Crippen LogP contribution in [0.25, 0.3) is 11.4 Å². The summed E-state index contributed by atoms with van der Waals surface area (Å²) < 4.78 is 18.0. The van der Waals surface area contributed by atoms with Crippen molar-refractivity contribution in [1.29, 1.82) is 0 Å². The molecule has 0 unspecified atom stereocenters. The molecule has 1 N–H and O–H groups in total. The molecule has 0 aliphatic heterocycles. The van der Waals surface area contributed by atoms with Gasteiger partial charge in [0.2, 0.25) is 17.6 Å². The highest BCUT2D eigenvalue weighted by Crippen LogP contribution is 2.20. The predicted octanol–water partition coefficient (Wildman–Crippen LogP) is 3.82. The van der Waals surface area contributed by atoms with Crippen LogP contribution >= 0.6 is 11.6 Å². The zero-order chi connectivity index (χ0) is 18.4. The summed E-state index contributed by atoms with van der Waals surface area (Å²) in [7, 11) is 0.